The summed E-state index contributed by atoms with van der Waals surface area (Å²) < 4.78 is 1.67. The van der Waals surface area contributed by atoms with Gasteiger partial charge in [0.25, 0.3) is 0 Å². The van der Waals surface area contributed by atoms with Gasteiger partial charge in [0.05, 0.1) is 4.99 Å². The van der Waals surface area contributed by atoms with Crippen LogP contribution in [0.3, 0.4) is 0 Å². The quantitative estimate of drug-likeness (QED) is 0.539. The van der Waals surface area contributed by atoms with Gasteiger partial charge < -0.3 is 14.6 Å². The van der Waals surface area contributed by atoms with E-state index in [0.717, 1.165) is 5.56 Å². The van der Waals surface area contributed by atoms with E-state index in [9.17, 15) is 14.7 Å². The van der Waals surface area contributed by atoms with E-state index in [-0.39, 0.29) is 10.7 Å². The topological polar surface area (TPSA) is 62.5 Å². The van der Waals surface area contributed by atoms with Crippen molar-refractivity contribution in [1.29, 1.82) is 0 Å². The molecule has 0 spiro atoms. The lowest BCUT2D eigenvalue weighted by Gasteiger charge is -2.21. The number of nitrogens with zero attached hydrogens (tertiary/aromatic N) is 2. The molecule has 8 heteroatoms. The zero-order valence-corrected chi connectivity index (χ0v) is 17.3. The number of hydrogen-bond acceptors (Lipinski definition) is 5. The van der Waals surface area contributed by atoms with Gasteiger partial charge in [-0.1, -0.05) is 44.2 Å². The second kappa shape index (κ2) is 9.07. The third-order valence-corrected chi connectivity index (χ3v) is 7.59. The maximum absolute atomic E-state index is 12.4. The van der Waals surface area contributed by atoms with Crippen LogP contribution in [0.15, 0.2) is 46.5 Å². The molecule has 1 aromatic carbocycles. The average molecular weight is 423 g/mol. The minimum atomic E-state index is -0.464. The highest BCUT2D eigenvalue weighted by atomic mass is 35.5. The number of pyridine rings is 1. The molecule has 5 nitrogen and oxygen atoms in total. The Kier molecular flexibility index (Phi) is 6.77. The second-order valence-electron chi connectivity index (χ2n) is 6.27. The summed E-state index contributed by atoms with van der Waals surface area (Å²) in [5.41, 5.74) is 1.14. The summed E-state index contributed by atoms with van der Waals surface area (Å²) in [4.78, 5) is 26.0. The van der Waals surface area contributed by atoms with Gasteiger partial charge >= 0.3 is 0 Å². The maximum atomic E-state index is 12.4. The van der Waals surface area contributed by atoms with E-state index in [1.54, 1.807) is 22.5 Å². The van der Waals surface area contributed by atoms with E-state index in [4.69, 9.17) is 11.6 Å². The molecule has 2 atom stereocenters. The Morgan fingerprint density at radius 3 is 2.85 bits per heavy atom. The first-order valence-corrected chi connectivity index (χ1v) is 10.9. The van der Waals surface area contributed by atoms with Crippen molar-refractivity contribution in [2.24, 2.45) is 0 Å². The Morgan fingerprint density at radius 2 is 2.19 bits per heavy atom. The smallest absolute Gasteiger partial charge is 0.228 e. The molecule has 2 aromatic rings. The number of benzene rings is 1. The second-order valence-corrected chi connectivity index (χ2v) is 9.36. The van der Waals surface area contributed by atoms with Crippen molar-refractivity contribution in [3.05, 3.63) is 73.8 Å². The molecule has 0 bridgehead atoms. The predicted octanol–water partition coefficient (Wildman–Crippen LogP) is 4.05. The SMILES string of the molecule is CN(CCn1cc(C2PC=CS2)c(=O)c(O)c1C=O)Cc1ccccc1Cl. The van der Waals surface area contributed by atoms with Gasteiger partial charge in [0.2, 0.25) is 5.43 Å². The van der Waals surface area contributed by atoms with E-state index in [0.29, 0.717) is 45.1 Å². The number of hydrogen-bond donors (Lipinski definition) is 1. The van der Waals surface area contributed by atoms with Crippen molar-refractivity contribution in [2.75, 3.05) is 13.6 Å². The molecule has 1 N–H and O–H groups in total. The predicted molar refractivity (Wildman–Crippen MR) is 113 cm³/mol. The van der Waals surface area contributed by atoms with Gasteiger partial charge in [0.1, 0.15) is 5.69 Å². The molecule has 1 aliphatic heterocycles. The molecule has 2 heterocycles. The first-order chi connectivity index (χ1) is 13.0. The number of likely N-dealkylation sites (N-methyl/N-ethyl adjacent to an activating group) is 1. The Hall–Kier alpha value is -1.59. The number of carbonyl (C=O) groups is 1. The molecular formula is C19H20ClN2O3PS. The summed E-state index contributed by atoms with van der Waals surface area (Å²) in [5, 5.41) is 12.9. The van der Waals surface area contributed by atoms with Crippen LogP contribution in [0.25, 0.3) is 0 Å². The number of aromatic nitrogens is 1. The van der Waals surface area contributed by atoms with Crippen LogP contribution in [0.2, 0.25) is 5.02 Å². The fourth-order valence-electron chi connectivity index (χ4n) is 2.90. The van der Waals surface area contributed by atoms with E-state index >= 15 is 0 Å². The number of aldehydes is 1. The monoisotopic (exact) mass is 422 g/mol. The molecule has 1 aromatic heterocycles. The van der Waals surface area contributed by atoms with Gasteiger partial charge in [0, 0.05) is 36.4 Å². The van der Waals surface area contributed by atoms with E-state index < -0.39 is 11.2 Å². The normalized spacial score (nSPS) is 17.1. The summed E-state index contributed by atoms with van der Waals surface area (Å²) >= 11 is 7.77. The number of carbonyl (C=O) groups excluding carboxylic acids is 1. The van der Waals surface area contributed by atoms with Crippen molar-refractivity contribution in [3.63, 3.8) is 0 Å². The number of halogens is 1. The van der Waals surface area contributed by atoms with E-state index in [2.05, 4.69) is 4.90 Å². The summed E-state index contributed by atoms with van der Waals surface area (Å²) in [6.07, 6.45) is 2.25. The van der Waals surface area contributed by atoms with Gasteiger partial charge in [-0.2, -0.15) is 0 Å². The summed E-state index contributed by atoms with van der Waals surface area (Å²) in [6.45, 7) is 1.77. The Balaban J connectivity index is 1.78. The highest BCUT2D eigenvalue weighted by molar-refractivity contribution is 8.08. The van der Waals surface area contributed by atoms with Crippen LogP contribution in [-0.4, -0.2) is 34.5 Å². The summed E-state index contributed by atoms with van der Waals surface area (Å²) in [7, 11) is 2.45. The van der Waals surface area contributed by atoms with Crippen LogP contribution < -0.4 is 5.43 Å². The zero-order chi connectivity index (χ0) is 19.4. The Bertz CT molecular complexity index is 924. The number of aromatic hydroxyl groups is 1. The third-order valence-electron chi connectivity index (χ3n) is 4.37. The minimum absolute atomic E-state index is 0.0104. The molecule has 0 aliphatic carbocycles. The highest BCUT2D eigenvalue weighted by Crippen LogP contribution is 2.50. The Morgan fingerprint density at radius 1 is 1.41 bits per heavy atom. The lowest BCUT2D eigenvalue weighted by molar-refractivity contribution is 0.111. The number of rotatable bonds is 7. The first-order valence-electron chi connectivity index (χ1n) is 8.41. The molecule has 2 unspecified atom stereocenters. The molecule has 27 heavy (non-hydrogen) atoms. The van der Waals surface area contributed by atoms with Crippen molar-refractivity contribution in [3.8, 4) is 5.75 Å². The van der Waals surface area contributed by atoms with Crippen LogP contribution in [-0.2, 0) is 13.1 Å². The fraction of sp³-hybridized carbons (Fsp3) is 0.263. The first kappa shape index (κ1) is 20.2. The standard InChI is InChI=1S/C19H20ClN2O3PS/c1-21(10-13-4-2-3-5-15(13)20)6-7-22-11-14(19-26-8-9-27-19)17(24)18(25)16(22)12-23/h2-5,8-9,11-12,19,25-26H,6-7,10H2,1H3. The summed E-state index contributed by atoms with van der Waals surface area (Å²) in [5.74, 6) is 1.56. The molecule has 0 radical (unpaired) electrons. The molecule has 0 saturated carbocycles. The number of thioether (sulfide) groups is 1. The third kappa shape index (κ3) is 4.64. The lowest BCUT2D eigenvalue weighted by Crippen LogP contribution is -2.26. The summed E-state index contributed by atoms with van der Waals surface area (Å²) in [6, 6.07) is 7.67. The van der Waals surface area contributed by atoms with Crippen LogP contribution in [0, 0.1) is 0 Å². The van der Waals surface area contributed by atoms with Gasteiger partial charge in [-0.3, -0.25) is 9.59 Å². The van der Waals surface area contributed by atoms with Gasteiger partial charge in [-0.15, -0.1) is 11.8 Å². The van der Waals surface area contributed by atoms with E-state index in [1.165, 1.54) is 0 Å². The molecule has 0 saturated heterocycles. The largest absolute Gasteiger partial charge is 0.503 e. The van der Waals surface area contributed by atoms with Crippen LogP contribution >= 0.6 is 31.9 Å². The van der Waals surface area contributed by atoms with Crippen LogP contribution in [0.1, 0.15) is 26.6 Å². The van der Waals surface area contributed by atoms with Gasteiger partial charge in [-0.25, -0.2) is 0 Å². The molecule has 3 rings (SSSR count). The van der Waals surface area contributed by atoms with Crippen LogP contribution in [0.5, 0.6) is 5.75 Å². The van der Waals surface area contributed by atoms with E-state index in [1.807, 2.05) is 42.5 Å². The van der Waals surface area contributed by atoms with Gasteiger partial charge in [0.15, 0.2) is 12.0 Å². The molecular weight excluding hydrogens is 403 g/mol. The highest BCUT2D eigenvalue weighted by Gasteiger charge is 2.22. The zero-order valence-electron chi connectivity index (χ0n) is 14.8. The lowest BCUT2D eigenvalue weighted by atomic mass is 10.2. The molecule has 1 aliphatic rings. The molecule has 0 fully saturated rings. The molecule has 0 amide bonds. The van der Waals surface area contributed by atoms with Gasteiger partial charge in [-0.05, 0) is 24.1 Å². The maximum Gasteiger partial charge on any atom is 0.228 e. The van der Waals surface area contributed by atoms with Crippen molar-refractivity contribution in [2.45, 2.75) is 18.1 Å². The van der Waals surface area contributed by atoms with Crippen molar-refractivity contribution >= 4 is 38.2 Å². The average Bonchev–Trinajstić information content (AvgIpc) is 3.19. The van der Waals surface area contributed by atoms with Crippen molar-refractivity contribution in [1.82, 2.24) is 9.47 Å². The van der Waals surface area contributed by atoms with Crippen molar-refractivity contribution < 1.29 is 9.90 Å². The molecule has 142 valence electrons. The van der Waals surface area contributed by atoms with Crippen LogP contribution in [0.4, 0.5) is 0 Å². The Labute approximate surface area is 168 Å². The minimum Gasteiger partial charge on any atom is -0.503 e. The fourth-order valence-corrected chi connectivity index (χ4v) is 5.54.